The summed E-state index contributed by atoms with van der Waals surface area (Å²) < 4.78 is 4.27. The molecule has 2 aromatic carbocycles. The number of rotatable bonds is 2. The molecule has 0 aliphatic carbocycles. The van der Waals surface area contributed by atoms with Gasteiger partial charge >= 0.3 is 117 Å². The van der Waals surface area contributed by atoms with Crippen LogP contribution in [-0.2, 0) is 19.4 Å². The minimum absolute atomic E-state index is 0.859. The van der Waals surface area contributed by atoms with Crippen molar-refractivity contribution < 1.29 is 19.4 Å². The van der Waals surface area contributed by atoms with Crippen LogP contribution in [0.3, 0.4) is 0 Å². The van der Waals surface area contributed by atoms with Crippen LogP contribution in [0.15, 0.2) is 52.7 Å². The molecule has 0 amide bonds. The summed E-state index contributed by atoms with van der Waals surface area (Å²) in [5.41, 5.74) is 5.02. The summed E-state index contributed by atoms with van der Waals surface area (Å²) in [7, 11) is 0. The zero-order valence-electron chi connectivity index (χ0n) is 10.3. The van der Waals surface area contributed by atoms with Gasteiger partial charge in [0.05, 0.1) is 0 Å². The van der Waals surface area contributed by atoms with Gasteiger partial charge in [0.15, 0.2) is 0 Å². The Morgan fingerprint density at radius 1 is 0.889 bits per heavy atom. The van der Waals surface area contributed by atoms with E-state index in [4.69, 9.17) is 0 Å². The van der Waals surface area contributed by atoms with E-state index >= 15 is 0 Å². The summed E-state index contributed by atoms with van der Waals surface area (Å²) >= 11 is 1.74. The molecular formula is C14H13MoN3+. The summed E-state index contributed by atoms with van der Waals surface area (Å²) in [4.78, 5) is 0. The second-order valence-electron chi connectivity index (χ2n) is 4.06. The molecule has 0 fully saturated rings. The number of azo groups is 1. The Labute approximate surface area is 117 Å². The Morgan fingerprint density at radius 3 is 2.00 bits per heavy atom. The summed E-state index contributed by atoms with van der Waals surface area (Å²) in [5, 5.41) is 8.47. The first-order chi connectivity index (χ1) is 8.70. The van der Waals surface area contributed by atoms with Gasteiger partial charge in [-0.05, 0) is 0 Å². The van der Waals surface area contributed by atoms with E-state index in [9.17, 15) is 0 Å². The zero-order chi connectivity index (χ0) is 13.0. The molecule has 0 N–H and O–H groups in total. The van der Waals surface area contributed by atoms with E-state index in [0.29, 0.717) is 0 Å². The molecule has 0 heterocycles. The van der Waals surface area contributed by atoms with Crippen molar-refractivity contribution in [2.24, 2.45) is 10.2 Å². The molecule has 18 heavy (non-hydrogen) atoms. The fourth-order valence-electron chi connectivity index (χ4n) is 1.74. The van der Waals surface area contributed by atoms with Crippen molar-refractivity contribution in [2.45, 2.75) is 13.8 Å². The van der Waals surface area contributed by atoms with Gasteiger partial charge in [-0.1, -0.05) is 0 Å². The van der Waals surface area contributed by atoms with Crippen LogP contribution in [0.4, 0.5) is 17.1 Å². The van der Waals surface area contributed by atoms with Gasteiger partial charge in [-0.15, -0.1) is 0 Å². The number of aryl methyl sites for hydroxylation is 2. The van der Waals surface area contributed by atoms with Crippen molar-refractivity contribution in [3.63, 3.8) is 0 Å². The molecule has 0 radical (unpaired) electrons. The summed E-state index contributed by atoms with van der Waals surface area (Å²) in [5.74, 6) is 0. The fraction of sp³-hybridized carbons (Fsp3) is 0.143. The maximum atomic E-state index is 4.27. The van der Waals surface area contributed by atoms with E-state index in [1.54, 1.807) is 19.4 Å². The number of benzene rings is 2. The molecule has 4 heteroatoms. The minimum atomic E-state index is 0.859. The van der Waals surface area contributed by atoms with Gasteiger partial charge in [-0.2, -0.15) is 0 Å². The average molecular weight is 319 g/mol. The zero-order valence-corrected chi connectivity index (χ0v) is 12.3. The van der Waals surface area contributed by atoms with E-state index in [0.717, 1.165) is 28.2 Å². The van der Waals surface area contributed by atoms with Gasteiger partial charge in [0.25, 0.3) is 0 Å². The average Bonchev–Trinajstić information content (AvgIpc) is 2.37. The van der Waals surface area contributed by atoms with E-state index in [-0.39, 0.29) is 0 Å². The monoisotopic (exact) mass is 321 g/mol. The number of nitrogens with zero attached hydrogens (tertiary/aromatic N) is 3. The SMILES string of the molecule is Cc1cc(N=Nc2ccccc2)cc(C)c1[N+]#[Mo]. The van der Waals surface area contributed by atoms with Crippen molar-refractivity contribution in [3.8, 4) is 0 Å². The molecule has 2 aromatic rings. The van der Waals surface area contributed by atoms with Gasteiger partial charge in [0.1, 0.15) is 0 Å². The molecule has 0 atom stereocenters. The van der Waals surface area contributed by atoms with Crippen molar-refractivity contribution in [1.82, 2.24) is 0 Å². The third kappa shape index (κ3) is 3.01. The normalized spacial score (nSPS) is 10.5. The predicted molar refractivity (Wildman–Crippen MR) is 69.6 cm³/mol. The number of hydrogen-bond donors (Lipinski definition) is 0. The Balaban J connectivity index is 2.32. The molecule has 89 valence electrons. The molecule has 0 saturated heterocycles. The van der Waals surface area contributed by atoms with E-state index in [1.165, 1.54) is 0 Å². The molecule has 0 bridgehead atoms. The van der Waals surface area contributed by atoms with Gasteiger partial charge in [-0.3, -0.25) is 0 Å². The van der Waals surface area contributed by atoms with Crippen molar-refractivity contribution >= 4 is 17.1 Å². The van der Waals surface area contributed by atoms with Crippen LogP contribution in [0.5, 0.6) is 0 Å². The van der Waals surface area contributed by atoms with E-state index in [1.807, 2.05) is 56.3 Å². The maximum absolute atomic E-state index is 4.27. The van der Waals surface area contributed by atoms with Crippen molar-refractivity contribution in [3.05, 3.63) is 56.9 Å². The predicted octanol–water partition coefficient (Wildman–Crippen LogP) is 5.19. The molecule has 0 unspecified atom stereocenters. The molecule has 0 aliphatic rings. The quantitative estimate of drug-likeness (QED) is 0.539. The van der Waals surface area contributed by atoms with Crippen LogP contribution in [0.25, 0.3) is 3.31 Å². The molecule has 0 aromatic heterocycles. The van der Waals surface area contributed by atoms with E-state index < -0.39 is 0 Å². The Bertz CT molecular complexity index is 604. The van der Waals surface area contributed by atoms with Gasteiger partial charge in [-0.25, -0.2) is 0 Å². The second kappa shape index (κ2) is 5.86. The van der Waals surface area contributed by atoms with Crippen molar-refractivity contribution in [2.75, 3.05) is 0 Å². The second-order valence-corrected chi connectivity index (χ2v) is 4.50. The molecule has 0 spiro atoms. The van der Waals surface area contributed by atoms with E-state index in [2.05, 4.69) is 13.5 Å². The van der Waals surface area contributed by atoms with Crippen LogP contribution in [0.1, 0.15) is 11.1 Å². The first-order valence-corrected chi connectivity index (χ1v) is 6.52. The fourth-order valence-corrected chi connectivity index (χ4v) is 2.45. The number of hydrogen-bond acceptors (Lipinski definition) is 2. The van der Waals surface area contributed by atoms with Gasteiger partial charge < -0.3 is 0 Å². The van der Waals surface area contributed by atoms with Crippen LogP contribution in [0.2, 0.25) is 0 Å². The van der Waals surface area contributed by atoms with Crippen LogP contribution in [0, 0.1) is 13.8 Å². The third-order valence-electron chi connectivity index (χ3n) is 2.60. The summed E-state index contributed by atoms with van der Waals surface area (Å²) in [6.07, 6.45) is 0. The van der Waals surface area contributed by atoms with Gasteiger partial charge in [0.2, 0.25) is 0 Å². The molecule has 0 saturated carbocycles. The van der Waals surface area contributed by atoms with Gasteiger partial charge in [0, 0.05) is 0 Å². The topological polar surface area (TPSA) is 29.1 Å². The summed E-state index contributed by atoms with van der Waals surface area (Å²) in [6, 6.07) is 13.7. The Morgan fingerprint density at radius 2 is 1.44 bits per heavy atom. The Kier molecular flexibility index (Phi) is 4.19. The summed E-state index contributed by atoms with van der Waals surface area (Å²) in [6.45, 7) is 4.08. The first kappa shape index (κ1) is 12.9. The van der Waals surface area contributed by atoms with Crippen molar-refractivity contribution in [1.29, 1.82) is 0 Å². The molecular weight excluding hydrogens is 306 g/mol. The third-order valence-corrected chi connectivity index (χ3v) is 3.05. The molecule has 3 nitrogen and oxygen atoms in total. The molecule has 0 aliphatic heterocycles. The standard InChI is InChI=1S/C14H13N3.Mo/c1-10-8-13(9-11(2)14(10)15)17-16-12-6-4-3-5-7-12;/h3-9H,1-2H3;/q+1;. The Hall–Kier alpha value is -1.56. The van der Waals surface area contributed by atoms with Crippen LogP contribution in [-0.4, -0.2) is 0 Å². The van der Waals surface area contributed by atoms with Crippen LogP contribution < -0.4 is 0 Å². The van der Waals surface area contributed by atoms with Crippen LogP contribution >= 0.6 is 0 Å². The molecule has 2 rings (SSSR count). The first-order valence-electron chi connectivity index (χ1n) is 5.62.